The van der Waals surface area contributed by atoms with Crippen molar-refractivity contribution in [3.63, 3.8) is 0 Å². The highest BCUT2D eigenvalue weighted by molar-refractivity contribution is 5.95. The molecule has 0 radical (unpaired) electrons. The third-order valence-electron chi connectivity index (χ3n) is 5.10. The number of carbonyl (C=O) groups excluding carboxylic acids is 1. The maximum Gasteiger partial charge on any atom is 0.234 e. The van der Waals surface area contributed by atoms with Gasteiger partial charge in [0.15, 0.2) is 0 Å². The molecule has 5 nitrogen and oxygen atoms in total. The van der Waals surface area contributed by atoms with E-state index < -0.39 is 0 Å². The van der Waals surface area contributed by atoms with Gasteiger partial charge in [0.25, 0.3) is 0 Å². The van der Waals surface area contributed by atoms with E-state index in [1.165, 1.54) is 12.8 Å². The second kappa shape index (κ2) is 6.67. The van der Waals surface area contributed by atoms with Crippen LogP contribution in [0.2, 0.25) is 0 Å². The highest BCUT2D eigenvalue weighted by Crippen LogP contribution is 2.35. The zero-order valence-electron chi connectivity index (χ0n) is 14.4. The van der Waals surface area contributed by atoms with Gasteiger partial charge in [-0.25, -0.2) is 4.98 Å². The fourth-order valence-corrected chi connectivity index (χ4v) is 3.67. The smallest absolute Gasteiger partial charge is 0.234 e. The predicted molar refractivity (Wildman–Crippen MR) is 98.5 cm³/mol. The average Bonchev–Trinajstić information content (AvgIpc) is 3.28. The van der Waals surface area contributed by atoms with Crippen LogP contribution in [0.3, 0.4) is 0 Å². The van der Waals surface area contributed by atoms with Gasteiger partial charge in [-0.15, -0.1) is 0 Å². The van der Waals surface area contributed by atoms with Crippen molar-refractivity contribution >= 4 is 22.9 Å². The van der Waals surface area contributed by atoms with E-state index in [2.05, 4.69) is 25.9 Å². The monoisotopic (exact) mass is 334 g/mol. The van der Waals surface area contributed by atoms with Crippen LogP contribution in [0, 0.1) is 0 Å². The Kier molecular flexibility index (Phi) is 4.22. The van der Waals surface area contributed by atoms with Gasteiger partial charge in [-0.1, -0.05) is 31.0 Å². The maximum absolute atomic E-state index is 12.8. The summed E-state index contributed by atoms with van der Waals surface area (Å²) in [4.78, 5) is 21.6. The Morgan fingerprint density at radius 3 is 2.76 bits per heavy atom. The van der Waals surface area contributed by atoms with Crippen molar-refractivity contribution < 1.29 is 4.79 Å². The van der Waals surface area contributed by atoms with Crippen molar-refractivity contribution in [2.24, 2.45) is 0 Å². The van der Waals surface area contributed by atoms with E-state index in [0.29, 0.717) is 12.0 Å². The number of hydrogen-bond acceptors (Lipinski definition) is 3. The first-order valence-corrected chi connectivity index (χ1v) is 8.92. The van der Waals surface area contributed by atoms with Crippen LogP contribution in [-0.2, 0) is 4.79 Å². The Hall–Kier alpha value is -2.69. The van der Waals surface area contributed by atoms with Crippen LogP contribution < -0.4 is 5.32 Å². The molecule has 2 aromatic heterocycles. The van der Waals surface area contributed by atoms with Crippen LogP contribution in [0.4, 0.5) is 5.95 Å². The predicted octanol–water partition coefficient (Wildman–Crippen LogP) is 4.29. The first-order valence-electron chi connectivity index (χ1n) is 8.92. The van der Waals surface area contributed by atoms with Crippen LogP contribution in [-0.4, -0.2) is 20.4 Å². The van der Waals surface area contributed by atoms with Crippen molar-refractivity contribution in [1.29, 1.82) is 0 Å². The second-order valence-corrected chi connectivity index (χ2v) is 6.73. The van der Waals surface area contributed by atoms with Crippen molar-refractivity contribution in [3.05, 3.63) is 54.4 Å². The zero-order chi connectivity index (χ0) is 17.2. The van der Waals surface area contributed by atoms with E-state index in [1.807, 2.05) is 37.3 Å². The Balaban J connectivity index is 1.66. The summed E-state index contributed by atoms with van der Waals surface area (Å²) in [5.74, 6) is 0.335. The lowest BCUT2D eigenvalue weighted by Crippen LogP contribution is -2.22. The molecule has 0 spiro atoms. The summed E-state index contributed by atoms with van der Waals surface area (Å²) in [5.41, 5.74) is 2.93. The van der Waals surface area contributed by atoms with E-state index in [0.717, 1.165) is 29.4 Å². The Bertz CT molecular complexity index is 881. The van der Waals surface area contributed by atoms with E-state index in [-0.39, 0.29) is 11.8 Å². The summed E-state index contributed by atoms with van der Waals surface area (Å²) in [7, 11) is 0. The quantitative estimate of drug-likeness (QED) is 0.774. The normalized spacial score (nSPS) is 16.2. The number of nitrogens with zero attached hydrogens (tertiary/aromatic N) is 3. The van der Waals surface area contributed by atoms with E-state index in [1.54, 1.807) is 12.4 Å². The Morgan fingerprint density at radius 1 is 1.20 bits per heavy atom. The molecule has 128 valence electrons. The molecule has 0 aliphatic heterocycles. The zero-order valence-corrected chi connectivity index (χ0v) is 14.4. The van der Waals surface area contributed by atoms with E-state index in [9.17, 15) is 4.79 Å². The lowest BCUT2D eigenvalue weighted by atomic mass is 10.0. The molecule has 3 aromatic rings. The molecule has 1 fully saturated rings. The molecule has 1 unspecified atom stereocenters. The summed E-state index contributed by atoms with van der Waals surface area (Å²) in [6, 6.07) is 12.3. The van der Waals surface area contributed by atoms with E-state index in [4.69, 9.17) is 0 Å². The van der Waals surface area contributed by atoms with Gasteiger partial charge in [0.2, 0.25) is 11.9 Å². The van der Waals surface area contributed by atoms with Crippen LogP contribution in [0.5, 0.6) is 0 Å². The van der Waals surface area contributed by atoms with Crippen LogP contribution in [0.25, 0.3) is 11.0 Å². The van der Waals surface area contributed by atoms with Crippen LogP contribution >= 0.6 is 0 Å². The molecule has 5 heteroatoms. The number of benzene rings is 1. The molecular formula is C20H22N4O. The minimum atomic E-state index is -0.273. The molecule has 2 heterocycles. The summed E-state index contributed by atoms with van der Waals surface area (Å²) in [5, 5.41) is 3.06. The lowest BCUT2D eigenvalue weighted by molar-refractivity contribution is -0.117. The summed E-state index contributed by atoms with van der Waals surface area (Å²) >= 11 is 0. The van der Waals surface area contributed by atoms with Crippen molar-refractivity contribution in [2.45, 2.75) is 44.6 Å². The van der Waals surface area contributed by atoms with E-state index >= 15 is 0 Å². The van der Waals surface area contributed by atoms with Gasteiger partial charge in [-0.2, -0.15) is 0 Å². The SMILES string of the molecule is CC(C(=O)Nc1nc2ccccc2n1C1CCCC1)c1cccnc1. The summed E-state index contributed by atoms with van der Waals surface area (Å²) in [6.07, 6.45) is 8.20. The highest BCUT2D eigenvalue weighted by atomic mass is 16.2. The van der Waals surface area contributed by atoms with Crippen LogP contribution in [0.1, 0.15) is 50.1 Å². The number of para-hydroxylation sites is 2. The number of nitrogens with one attached hydrogen (secondary N) is 1. The molecule has 1 atom stereocenters. The number of pyridine rings is 1. The largest absolute Gasteiger partial charge is 0.307 e. The number of fused-ring (bicyclic) bond motifs is 1. The standard InChI is InChI=1S/C20H22N4O/c1-14(15-7-6-12-21-13-15)19(25)23-20-22-17-10-4-5-11-18(17)24(20)16-8-2-3-9-16/h4-7,10-14,16H,2-3,8-9H2,1H3,(H,22,23,25). The van der Waals surface area contributed by atoms with Gasteiger partial charge in [0.05, 0.1) is 17.0 Å². The molecule has 0 saturated heterocycles. The van der Waals surface area contributed by atoms with Gasteiger partial charge in [-0.05, 0) is 43.5 Å². The second-order valence-electron chi connectivity index (χ2n) is 6.73. The van der Waals surface area contributed by atoms with Crippen LogP contribution in [0.15, 0.2) is 48.8 Å². The molecule has 1 N–H and O–H groups in total. The summed E-state index contributed by atoms with van der Waals surface area (Å²) < 4.78 is 2.22. The van der Waals surface area contributed by atoms with Gasteiger partial charge < -0.3 is 4.57 Å². The minimum Gasteiger partial charge on any atom is -0.307 e. The van der Waals surface area contributed by atoms with Gasteiger partial charge in [-0.3, -0.25) is 15.1 Å². The van der Waals surface area contributed by atoms with Gasteiger partial charge in [0, 0.05) is 18.4 Å². The topological polar surface area (TPSA) is 59.8 Å². The lowest BCUT2D eigenvalue weighted by Gasteiger charge is -2.18. The fraction of sp³-hybridized carbons (Fsp3) is 0.350. The average molecular weight is 334 g/mol. The third kappa shape index (κ3) is 3.02. The fourth-order valence-electron chi connectivity index (χ4n) is 3.67. The molecule has 4 rings (SSSR count). The van der Waals surface area contributed by atoms with Gasteiger partial charge in [0.1, 0.15) is 0 Å². The number of amides is 1. The van der Waals surface area contributed by atoms with Gasteiger partial charge >= 0.3 is 0 Å². The first kappa shape index (κ1) is 15.8. The number of imidazole rings is 1. The molecule has 1 aliphatic rings. The molecule has 25 heavy (non-hydrogen) atoms. The number of aromatic nitrogens is 3. The minimum absolute atomic E-state index is 0.0532. The number of rotatable bonds is 4. The third-order valence-corrected chi connectivity index (χ3v) is 5.10. The maximum atomic E-state index is 12.8. The highest BCUT2D eigenvalue weighted by Gasteiger charge is 2.25. The first-order chi connectivity index (χ1) is 12.2. The molecule has 1 aromatic carbocycles. The molecular weight excluding hydrogens is 312 g/mol. The summed E-state index contributed by atoms with van der Waals surface area (Å²) in [6.45, 7) is 1.90. The molecule has 0 bridgehead atoms. The molecule has 1 aliphatic carbocycles. The number of anilines is 1. The molecule has 1 amide bonds. The van der Waals surface area contributed by atoms with Crippen molar-refractivity contribution in [1.82, 2.24) is 14.5 Å². The number of hydrogen-bond donors (Lipinski definition) is 1. The van der Waals surface area contributed by atoms with Crippen molar-refractivity contribution in [2.75, 3.05) is 5.32 Å². The van der Waals surface area contributed by atoms with Crippen molar-refractivity contribution in [3.8, 4) is 0 Å². The number of carbonyl (C=O) groups is 1. The Morgan fingerprint density at radius 2 is 2.00 bits per heavy atom. The Labute approximate surface area is 147 Å². The molecule has 1 saturated carbocycles.